The zero-order chi connectivity index (χ0) is 29.4. The van der Waals surface area contributed by atoms with E-state index in [0.717, 1.165) is 11.1 Å². The summed E-state index contributed by atoms with van der Waals surface area (Å²) in [6, 6.07) is 8.68. The normalized spacial score (nSPS) is 28.6. The van der Waals surface area contributed by atoms with E-state index >= 15 is 0 Å². The van der Waals surface area contributed by atoms with Crippen LogP contribution < -0.4 is 29.0 Å². The third-order valence-corrected chi connectivity index (χ3v) is 7.25. The Hall–Kier alpha value is -3.82. The molecule has 8 atom stereocenters. The number of hydrogen-bond acceptors (Lipinski definition) is 13. The Bertz CT molecular complexity index is 1300. The Labute approximate surface area is 234 Å². The first kappa shape index (κ1) is 28.7. The van der Waals surface area contributed by atoms with Crippen LogP contribution in [-0.2, 0) is 19.1 Å². The van der Waals surface area contributed by atoms with Crippen LogP contribution in [0.15, 0.2) is 30.3 Å². The minimum absolute atomic E-state index is 0.0905. The molecule has 222 valence electrons. The number of benzene rings is 2. The van der Waals surface area contributed by atoms with Crippen LogP contribution in [0.2, 0.25) is 0 Å². The second-order valence-corrected chi connectivity index (χ2v) is 9.70. The summed E-state index contributed by atoms with van der Waals surface area (Å²) in [5.74, 6) is -0.280. The van der Waals surface area contributed by atoms with E-state index in [1.807, 2.05) is 12.1 Å². The largest absolute Gasteiger partial charge is 0.493 e. The number of carboxylic acid groups (broad SMARTS) is 1. The minimum atomic E-state index is -1.74. The monoisotopic (exact) mass is 577 g/mol. The molecule has 1 saturated heterocycles. The second-order valence-electron chi connectivity index (χ2n) is 9.70. The smallest absolute Gasteiger partial charge is 0.318 e. The lowest BCUT2D eigenvalue weighted by atomic mass is 9.89. The quantitative estimate of drug-likeness (QED) is 0.153. The number of methoxy groups -OCH3 is 2. The molecule has 5 rings (SSSR count). The van der Waals surface area contributed by atoms with Gasteiger partial charge in [0, 0.05) is 17.2 Å². The highest BCUT2D eigenvalue weighted by Crippen LogP contribution is 2.56. The van der Waals surface area contributed by atoms with Crippen molar-refractivity contribution in [1.29, 1.82) is 0 Å². The lowest BCUT2D eigenvalue weighted by molar-refractivity contribution is -0.291. The first-order valence-corrected chi connectivity index (χ1v) is 12.8. The average Bonchev–Trinajstić information content (AvgIpc) is 3.34. The zero-order valence-corrected chi connectivity index (χ0v) is 22.4. The summed E-state index contributed by atoms with van der Waals surface area (Å²) in [4.78, 5) is 22.7. The fraction of sp³-hybridized carbons (Fsp3) is 0.481. The predicted octanol–water partition coefficient (Wildman–Crippen LogP) is 0.0633. The van der Waals surface area contributed by atoms with Gasteiger partial charge >= 0.3 is 11.9 Å². The first-order chi connectivity index (χ1) is 19.7. The van der Waals surface area contributed by atoms with Gasteiger partial charge in [0.1, 0.15) is 48.4 Å². The van der Waals surface area contributed by atoms with Crippen LogP contribution in [0.25, 0.3) is 0 Å². The number of carbonyl (C=O) groups excluding carboxylic acids is 1. The number of rotatable bonds is 9. The van der Waals surface area contributed by atoms with Crippen LogP contribution >= 0.6 is 0 Å². The van der Waals surface area contributed by atoms with Crippen molar-refractivity contribution < 1.29 is 63.2 Å². The summed E-state index contributed by atoms with van der Waals surface area (Å²) in [5.41, 5.74) is 1.68. The molecule has 0 radical (unpaired) electrons. The van der Waals surface area contributed by atoms with Crippen LogP contribution in [0.4, 0.5) is 0 Å². The summed E-state index contributed by atoms with van der Waals surface area (Å²) >= 11 is 0. The number of ether oxygens (including phenoxy) is 7. The van der Waals surface area contributed by atoms with E-state index in [1.54, 1.807) is 32.4 Å². The summed E-state index contributed by atoms with van der Waals surface area (Å²) < 4.78 is 39.8. The minimum Gasteiger partial charge on any atom is -0.493 e. The molecule has 0 amide bonds. The standard InChI is InChI=1S/C27H31NO13/c1-28-26(39-18(31)9-17(29)30)25-20(33)19(32)21(34)27(41-25)38-11-4-5-13-16(8-11)37-10-14-12-6-7-15(35-2)24(36-3)23(12)40-22(13)14/h4-8,14,19-22,25-28,32-34H,9-10H2,1-3H3,(H,29,30). The summed E-state index contributed by atoms with van der Waals surface area (Å²) in [5, 5.41) is 42.9. The molecule has 3 aliphatic heterocycles. The first-order valence-electron chi connectivity index (χ1n) is 12.8. The van der Waals surface area contributed by atoms with Crippen molar-refractivity contribution in [2.24, 2.45) is 0 Å². The van der Waals surface area contributed by atoms with E-state index in [1.165, 1.54) is 7.05 Å². The lowest BCUT2D eigenvalue weighted by Gasteiger charge is -2.42. The molecule has 3 aliphatic rings. The third kappa shape index (κ3) is 5.31. The SMILES string of the molecule is CNC(OC(=O)CC(=O)O)C1OC(Oc2ccc3c(c2)OCC2c4ccc(OC)c(OC)c4OC32)C(O)C(O)C1O. The molecule has 8 unspecified atom stereocenters. The third-order valence-electron chi connectivity index (χ3n) is 7.25. The molecule has 3 heterocycles. The number of likely N-dealkylation sites (N-methyl/N-ethyl adjacent to an activating group) is 1. The molecule has 0 saturated carbocycles. The molecular weight excluding hydrogens is 546 g/mol. The predicted molar refractivity (Wildman–Crippen MR) is 136 cm³/mol. The maximum absolute atomic E-state index is 11.9. The van der Waals surface area contributed by atoms with Gasteiger partial charge in [-0.2, -0.15) is 0 Å². The topological polar surface area (TPSA) is 192 Å². The Morgan fingerprint density at radius 1 is 1.05 bits per heavy atom. The summed E-state index contributed by atoms with van der Waals surface area (Å²) in [6.45, 7) is 0.310. The van der Waals surface area contributed by atoms with Gasteiger partial charge in [0.15, 0.2) is 17.7 Å². The van der Waals surface area contributed by atoms with E-state index in [2.05, 4.69) is 5.32 Å². The lowest BCUT2D eigenvalue weighted by Crippen LogP contribution is -2.64. The number of hydrogen-bond donors (Lipinski definition) is 5. The molecule has 14 nitrogen and oxygen atoms in total. The van der Waals surface area contributed by atoms with Crippen molar-refractivity contribution in [1.82, 2.24) is 5.32 Å². The van der Waals surface area contributed by atoms with Crippen molar-refractivity contribution in [2.45, 2.75) is 55.4 Å². The highest BCUT2D eigenvalue weighted by molar-refractivity contribution is 5.90. The van der Waals surface area contributed by atoms with Crippen molar-refractivity contribution in [3.8, 4) is 28.7 Å². The molecule has 0 aromatic heterocycles. The Balaban J connectivity index is 1.33. The molecule has 1 fully saturated rings. The van der Waals surface area contributed by atoms with E-state index < -0.39 is 55.3 Å². The average molecular weight is 578 g/mol. The fourth-order valence-electron chi connectivity index (χ4n) is 5.24. The number of aliphatic hydroxyl groups is 3. The number of carboxylic acids is 1. The van der Waals surface area contributed by atoms with Crippen LogP contribution in [0.5, 0.6) is 28.7 Å². The van der Waals surface area contributed by atoms with Crippen LogP contribution in [0, 0.1) is 0 Å². The number of nitrogens with one attached hydrogen (secondary N) is 1. The molecule has 2 aromatic carbocycles. The number of aliphatic carboxylic acids is 1. The van der Waals surface area contributed by atoms with Crippen LogP contribution in [0.3, 0.4) is 0 Å². The number of carbonyl (C=O) groups is 2. The van der Waals surface area contributed by atoms with Crippen molar-refractivity contribution in [2.75, 3.05) is 27.9 Å². The highest BCUT2D eigenvalue weighted by atomic mass is 16.7. The second kappa shape index (κ2) is 11.6. The van der Waals surface area contributed by atoms with Gasteiger partial charge < -0.3 is 53.6 Å². The van der Waals surface area contributed by atoms with Gasteiger partial charge in [0.2, 0.25) is 12.0 Å². The maximum Gasteiger partial charge on any atom is 0.318 e. The number of esters is 1. The summed E-state index contributed by atoms with van der Waals surface area (Å²) in [6.07, 6.45) is -10.6. The van der Waals surface area contributed by atoms with E-state index in [9.17, 15) is 24.9 Å². The van der Waals surface area contributed by atoms with Crippen molar-refractivity contribution >= 4 is 11.9 Å². The van der Waals surface area contributed by atoms with Gasteiger partial charge in [-0.15, -0.1) is 0 Å². The fourth-order valence-corrected chi connectivity index (χ4v) is 5.24. The molecule has 41 heavy (non-hydrogen) atoms. The molecule has 5 N–H and O–H groups in total. The zero-order valence-electron chi connectivity index (χ0n) is 22.4. The molecular formula is C27H31NO13. The molecule has 0 aliphatic carbocycles. The van der Waals surface area contributed by atoms with E-state index in [0.29, 0.717) is 29.6 Å². The molecule has 0 bridgehead atoms. The van der Waals surface area contributed by atoms with Gasteiger partial charge in [0.25, 0.3) is 0 Å². The Morgan fingerprint density at radius 3 is 2.49 bits per heavy atom. The van der Waals surface area contributed by atoms with Crippen molar-refractivity contribution in [3.63, 3.8) is 0 Å². The van der Waals surface area contributed by atoms with Gasteiger partial charge in [-0.3, -0.25) is 14.9 Å². The molecule has 2 aromatic rings. The van der Waals surface area contributed by atoms with E-state index in [4.69, 9.17) is 38.3 Å². The molecule has 0 spiro atoms. The van der Waals surface area contributed by atoms with E-state index in [-0.39, 0.29) is 17.8 Å². The maximum atomic E-state index is 11.9. The Kier molecular flexibility index (Phi) is 8.11. The Morgan fingerprint density at radius 2 is 1.80 bits per heavy atom. The van der Waals surface area contributed by atoms with Gasteiger partial charge in [-0.1, -0.05) is 6.07 Å². The highest BCUT2D eigenvalue weighted by Gasteiger charge is 2.49. The summed E-state index contributed by atoms with van der Waals surface area (Å²) in [7, 11) is 4.47. The van der Waals surface area contributed by atoms with Crippen LogP contribution in [-0.4, -0.2) is 97.2 Å². The van der Waals surface area contributed by atoms with Gasteiger partial charge in [0.05, 0.1) is 26.7 Å². The van der Waals surface area contributed by atoms with Gasteiger partial charge in [-0.05, 0) is 25.2 Å². The number of aliphatic hydroxyl groups excluding tert-OH is 3. The number of fused-ring (bicyclic) bond motifs is 5. The molecule has 14 heteroatoms. The van der Waals surface area contributed by atoms with Gasteiger partial charge in [-0.25, -0.2) is 0 Å². The van der Waals surface area contributed by atoms with Crippen molar-refractivity contribution in [3.05, 3.63) is 41.5 Å². The van der Waals surface area contributed by atoms with Crippen LogP contribution in [0.1, 0.15) is 29.6 Å².